The number of carbonyl (C=O) groups is 3. The summed E-state index contributed by atoms with van der Waals surface area (Å²) in [4.78, 5) is 44.4. The molecule has 0 aromatic heterocycles. The van der Waals surface area contributed by atoms with Gasteiger partial charge in [0.15, 0.2) is 0 Å². The van der Waals surface area contributed by atoms with Crippen molar-refractivity contribution in [2.75, 3.05) is 12.0 Å². The van der Waals surface area contributed by atoms with E-state index in [2.05, 4.69) is 0 Å². The van der Waals surface area contributed by atoms with E-state index in [4.69, 9.17) is 4.74 Å². The molecule has 3 amide bonds. The highest BCUT2D eigenvalue weighted by atomic mass is 16.5. The smallest absolute Gasteiger partial charge is 0.257 e. The van der Waals surface area contributed by atoms with Gasteiger partial charge in [-0.05, 0) is 93.0 Å². The molecule has 5 aliphatic rings. The molecule has 7 rings (SSSR count). The summed E-state index contributed by atoms with van der Waals surface area (Å²) >= 11 is 0. The summed E-state index contributed by atoms with van der Waals surface area (Å²) in [5, 5.41) is 0. The third kappa shape index (κ3) is 3.91. The quantitative estimate of drug-likeness (QED) is 0.546. The van der Waals surface area contributed by atoms with Gasteiger partial charge in [-0.3, -0.25) is 14.4 Å². The Morgan fingerprint density at radius 2 is 1.53 bits per heavy atom. The summed E-state index contributed by atoms with van der Waals surface area (Å²) in [5.74, 6) is 2.05. The lowest BCUT2D eigenvalue weighted by Crippen LogP contribution is -2.57. The van der Waals surface area contributed by atoms with Gasteiger partial charge in [0.2, 0.25) is 11.8 Å². The van der Waals surface area contributed by atoms with E-state index in [0.717, 1.165) is 30.4 Å². The minimum atomic E-state index is -0.776. The van der Waals surface area contributed by atoms with Crippen molar-refractivity contribution in [3.8, 4) is 5.75 Å². The van der Waals surface area contributed by atoms with Crippen LogP contribution in [0.25, 0.3) is 0 Å². The Kier molecular flexibility index (Phi) is 5.66. The summed E-state index contributed by atoms with van der Waals surface area (Å²) < 4.78 is 5.23. The molecule has 2 aromatic carbocycles. The third-order valence-electron chi connectivity index (χ3n) is 9.06. The lowest BCUT2D eigenvalue weighted by atomic mass is 9.49. The van der Waals surface area contributed by atoms with E-state index >= 15 is 0 Å². The summed E-state index contributed by atoms with van der Waals surface area (Å²) in [6, 6.07) is 14.3. The number of methoxy groups -OCH3 is 1. The maximum atomic E-state index is 14.5. The van der Waals surface area contributed by atoms with Crippen molar-refractivity contribution < 1.29 is 19.1 Å². The Bertz CT molecular complexity index is 1150. The van der Waals surface area contributed by atoms with E-state index in [-0.39, 0.29) is 29.6 Å². The van der Waals surface area contributed by atoms with Gasteiger partial charge in [-0.25, -0.2) is 4.90 Å². The van der Waals surface area contributed by atoms with Crippen molar-refractivity contribution in [1.29, 1.82) is 0 Å². The fourth-order valence-corrected chi connectivity index (χ4v) is 7.75. The Hall–Kier alpha value is -3.15. The zero-order valence-electron chi connectivity index (χ0n) is 21.1. The predicted molar refractivity (Wildman–Crippen MR) is 136 cm³/mol. The first-order valence-electron chi connectivity index (χ1n) is 13.2. The molecule has 2 aromatic rings. The van der Waals surface area contributed by atoms with Gasteiger partial charge in [-0.15, -0.1) is 0 Å². The standard InChI is InChI=1S/C30H34N2O4/c1-19-3-5-20(6-4-19)18-31(29(35)30-15-21-11-22(16-30)13-23(12-21)17-30)26-14-27(33)32(28(26)34)24-7-9-25(36-2)10-8-24/h3-10,21-23,26H,11-18H2,1-2H3. The van der Waals surface area contributed by atoms with Gasteiger partial charge < -0.3 is 9.64 Å². The SMILES string of the molecule is COc1ccc(N2C(=O)CC(N(Cc3ccc(C)cc3)C(=O)C34CC5CC(CC(C5)C3)C4)C2=O)cc1. The Labute approximate surface area is 212 Å². The number of rotatable bonds is 6. The fourth-order valence-electron chi connectivity index (χ4n) is 7.75. The molecule has 1 unspecified atom stereocenters. The van der Waals surface area contributed by atoms with Crippen molar-refractivity contribution in [2.45, 2.75) is 64.5 Å². The normalized spacial score (nSPS) is 30.7. The Morgan fingerprint density at radius 1 is 0.944 bits per heavy atom. The van der Waals surface area contributed by atoms with E-state index in [1.165, 1.54) is 24.2 Å². The second-order valence-corrected chi connectivity index (χ2v) is 11.6. The maximum absolute atomic E-state index is 14.5. The van der Waals surface area contributed by atoms with Crippen LogP contribution in [0.4, 0.5) is 5.69 Å². The number of ether oxygens (including phenoxy) is 1. The van der Waals surface area contributed by atoms with Gasteiger partial charge in [-0.1, -0.05) is 29.8 Å². The second kappa shape index (κ2) is 8.75. The molecule has 1 saturated heterocycles. The molecule has 0 spiro atoms. The molecule has 5 fully saturated rings. The summed E-state index contributed by atoms with van der Waals surface area (Å²) in [7, 11) is 1.58. The molecule has 36 heavy (non-hydrogen) atoms. The molecule has 1 atom stereocenters. The zero-order chi connectivity index (χ0) is 25.0. The van der Waals surface area contributed by atoms with E-state index in [1.54, 1.807) is 36.3 Å². The average Bonchev–Trinajstić information content (AvgIpc) is 3.16. The number of amides is 3. The Balaban J connectivity index is 1.33. The molecular weight excluding hydrogens is 452 g/mol. The topological polar surface area (TPSA) is 66.9 Å². The molecule has 0 N–H and O–H groups in total. The molecule has 1 heterocycles. The number of nitrogens with zero attached hydrogens (tertiary/aromatic N) is 2. The first kappa shape index (κ1) is 23.3. The lowest BCUT2D eigenvalue weighted by Gasteiger charge is -2.57. The fraction of sp³-hybridized carbons (Fsp3) is 0.500. The minimum Gasteiger partial charge on any atom is -0.497 e. The first-order valence-corrected chi connectivity index (χ1v) is 13.2. The molecule has 4 bridgehead atoms. The van der Waals surface area contributed by atoms with Crippen molar-refractivity contribution >= 4 is 23.4 Å². The van der Waals surface area contributed by atoms with E-state index < -0.39 is 6.04 Å². The number of anilines is 1. The molecule has 6 heteroatoms. The van der Waals surface area contributed by atoms with E-state index in [1.807, 2.05) is 31.2 Å². The molecule has 1 aliphatic heterocycles. The second-order valence-electron chi connectivity index (χ2n) is 11.6. The molecule has 6 nitrogen and oxygen atoms in total. The highest BCUT2D eigenvalue weighted by molar-refractivity contribution is 6.23. The molecule has 4 aliphatic carbocycles. The van der Waals surface area contributed by atoms with Crippen LogP contribution in [-0.2, 0) is 20.9 Å². The maximum Gasteiger partial charge on any atom is 0.257 e. The third-order valence-corrected chi connectivity index (χ3v) is 9.06. The van der Waals surface area contributed by atoms with Crippen LogP contribution in [-0.4, -0.2) is 35.8 Å². The van der Waals surface area contributed by atoms with Crippen LogP contribution in [0.1, 0.15) is 56.1 Å². The molecular formula is C30H34N2O4. The highest BCUT2D eigenvalue weighted by Gasteiger charge is 2.57. The molecule has 188 valence electrons. The van der Waals surface area contributed by atoms with Crippen LogP contribution in [0.2, 0.25) is 0 Å². The number of imide groups is 1. The number of aryl methyl sites for hydroxylation is 1. The van der Waals surface area contributed by atoms with Crippen LogP contribution in [0, 0.1) is 30.1 Å². The lowest BCUT2D eigenvalue weighted by molar-refractivity contribution is -0.162. The van der Waals surface area contributed by atoms with Crippen LogP contribution in [0.3, 0.4) is 0 Å². The van der Waals surface area contributed by atoms with Gasteiger partial charge in [0, 0.05) is 6.54 Å². The van der Waals surface area contributed by atoms with Crippen LogP contribution >= 0.6 is 0 Å². The summed E-state index contributed by atoms with van der Waals surface area (Å²) in [6.07, 6.45) is 6.55. The van der Waals surface area contributed by atoms with Gasteiger partial charge >= 0.3 is 0 Å². The summed E-state index contributed by atoms with van der Waals surface area (Å²) in [6.45, 7) is 2.38. The van der Waals surface area contributed by atoms with Gasteiger partial charge in [0.25, 0.3) is 5.91 Å². The number of hydrogen-bond donors (Lipinski definition) is 0. The Morgan fingerprint density at radius 3 is 2.08 bits per heavy atom. The average molecular weight is 487 g/mol. The van der Waals surface area contributed by atoms with E-state index in [0.29, 0.717) is 35.7 Å². The van der Waals surface area contributed by atoms with Crippen LogP contribution in [0.15, 0.2) is 48.5 Å². The van der Waals surface area contributed by atoms with Crippen LogP contribution < -0.4 is 9.64 Å². The molecule has 4 saturated carbocycles. The first-order chi connectivity index (χ1) is 17.3. The zero-order valence-corrected chi connectivity index (χ0v) is 21.1. The van der Waals surface area contributed by atoms with Crippen molar-refractivity contribution in [3.63, 3.8) is 0 Å². The largest absolute Gasteiger partial charge is 0.497 e. The predicted octanol–water partition coefficient (Wildman–Crippen LogP) is 4.88. The highest BCUT2D eigenvalue weighted by Crippen LogP contribution is 2.60. The van der Waals surface area contributed by atoms with Crippen molar-refractivity contribution in [2.24, 2.45) is 23.2 Å². The monoisotopic (exact) mass is 486 g/mol. The van der Waals surface area contributed by atoms with Crippen molar-refractivity contribution in [3.05, 3.63) is 59.7 Å². The van der Waals surface area contributed by atoms with Gasteiger partial charge in [0.05, 0.1) is 24.6 Å². The number of carbonyl (C=O) groups excluding carboxylic acids is 3. The molecule has 0 radical (unpaired) electrons. The van der Waals surface area contributed by atoms with E-state index in [9.17, 15) is 14.4 Å². The number of benzene rings is 2. The minimum absolute atomic E-state index is 0.0226. The van der Waals surface area contributed by atoms with Crippen molar-refractivity contribution in [1.82, 2.24) is 4.90 Å². The number of hydrogen-bond acceptors (Lipinski definition) is 4. The van der Waals surface area contributed by atoms with Gasteiger partial charge in [0.1, 0.15) is 11.8 Å². The van der Waals surface area contributed by atoms with Crippen LogP contribution in [0.5, 0.6) is 5.75 Å². The van der Waals surface area contributed by atoms with Gasteiger partial charge in [-0.2, -0.15) is 0 Å². The summed E-state index contributed by atoms with van der Waals surface area (Å²) in [5.41, 5.74) is 2.28.